The van der Waals surface area contributed by atoms with Crippen LogP contribution >= 0.6 is 11.3 Å². The molecule has 1 fully saturated rings. The van der Waals surface area contributed by atoms with Gasteiger partial charge < -0.3 is 15.3 Å². The number of aliphatic carboxylic acids is 1. The maximum atomic E-state index is 11.9. The van der Waals surface area contributed by atoms with Crippen LogP contribution in [-0.2, 0) is 11.3 Å². The third-order valence-electron chi connectivity index (χ3n) is 2.86. The van der Waals surface area contributed by atoms with Crippen LogP contribution in [-0.4, -0.2) is 39.6 Å². The molecule has 2 rings (SSSR count). The Morgan fingerprint density at radius 3 is 3.06 bits per heavy atom. The Balaban J connectivity index is 1.89. The van der Waals surface area contributed by atoms with Gasteiger partial charge in [0.1, 0.15) is 11.0 Å². The highest BCUT2D eigenvalue weighted by Crippen LogP contribution is 2.17. The topological polar surface area (TPSA) is 82.5 Å². The van der Waals surface area contributed by atoms with Crippen LogP contribution in [0.5, 0.6) is 0 Å². The lowest BCUT2D eigenvalue weighted by atomic mass is 10.2. The van der Waals surface area contributed by atoms with Crippen molar-refractivity contribution in [1.82, 2.24) is 15.2 Å². The second-order valence-corrected chi connectivity index (χ2v) is 5.53. The first kappa shape index (κ1) is 12.8. The molecule has 0 saturated carbocycles. The van der Waals surface area contributed by atoms with Crippen molar-refractivity contribution in [3.8, 4) is 0 Å². The molecule has 18 heavy (non-hydrogen) atoms. The van der Waals surface area contributed by atoms with Gasteiger partial charge in [-0.1, -0.05) is 0 Å². The highest BCUT2D eigenvalue weighted by atomic mass is 32.1. The number of carbonyl (C=O) groups is 2. The first-order valence-corrected chi connectivity index (χ1v) is 6.58. The minimum absolute atomic E-state index is 0.326. The number of carboxylic acid groups (broad SMARTS) is 1. The molecule has 1 aromatic rings. The van der Waals surface area contributed by atoms with Gasteiger partial charge in [-0.25, -0.2) is 14.6 Å². The van der Waals surface area contributed by atoms with Crippen molar-refractivity contribution < 1.29 is 14.7 Å². The predicted molar refractivity (Wildman–Crippen MR) is 66.5 cm³/mol. The van der Waals surface area contributed by atoms with Gasteiger partial charge in [0.05, 0.1) is 6.54 Å². The van der Waals surface area contributed by atoms with Crippen LogP contribution in [0.15, 0.2) is 6.20 Å². The minimum atomic E-state index is -0.937. The highest BCUT2D eigenvalue weighted by molar-refractivity contribution is 7.11. The maximum Gasteiger partial charge on any atom is 0.326 e. The van der Waals surface area contributed by atoms with E-state index in [1.54, 1.807) is 6.20 Å². The molecule has 2 amide bonds. The summed E-state index contributed by atoms with van der Waals surface area (Å²) in [6.07, 6.45) is 3.02. The van der Waals surface area contributed by atoms with E-state index < -0.39 is 12.0 Å². The van der Waals surface area contributed by atoms with Gasteiger partial charge in [0, 0.05) is 17.6 Å². The summed E-state index contributed by atoms with van der Waals surface area (Å²) in [6, 6.07) is -1.02. The van der Waals surface area contributed by atoms with Gasteiger partial charge in [0.15, 0.2) is 0 Å². The Hall–Kier alpha value is -1.63. The van der Waals surface area contributed by atoms with Crippen molar-refractivity contribution in [1.29, 1.82) is 0 Å². The lowest BCUT2D eigenvalue weighted by Crippen LogP contribution is -2.45. The van der Waals surface area contributed by atoms with E-state index in [1.807, 2.05) is 6.92 Å². The molecular weight excluding hydrogens is 254 g/mol. The van der Waals surface area contributed by atoms with Crippen molar-refractivity contribution in [3.63, 3.8) is 0 Å². The fourth-order valence-electron chi connectivity index (χ4n) is 2.00. The zero-order valence-electron chi connectivity index (χ0n) is 10.0. The summed E-state index contributed by atoms with van der Waals surface area (Å²) < 4.78 is 0. The van der Waals surface area contributed by atoms with Crippen molar-refractivity contribution in [2.75, 3.05) is 6.54 Å². The summed E-state index contributed by atoms with van der Waals surface area (Å²) in [6.45, 7) is 2.80. The second kappa shape index (κ2) is 5.34. The van der Waals surface area contributed by atoms with Crippen molar-refractivity contribution in [2.45, 2.75) is 32.4 Å². The lowest BCUT2D eigenvalue weighted by Gasteiger charge is -2.21. The second-order valence-electron chi connectivity index (χ2n) is 4.21. The average Bonchev–Trinajstić information content (AvgIpc) is 2.94. The highest BCUT2D eigenvalue weighted by Gasteiger charge is 2.33. The summed E-state index contributed by atoms with van der Waals surface area (Å²) in [4.78, 5) is 29.4. The SMILES string of the molecule is Cc1cnc(CNC(=O)N2CCC[C@H]2C(=O)O)s1. The number of nitrogens with zero attached hydrogens (tertiary/aromatic N) is 2. The fourth-order valence-corrected chi connectivity index (χ4v) is 2.73. The Morgan fingerprint density at radius 1 is 1.67 bits per heavy atom. The van der Waals surface area contributed by atoms with E-state index in [-0.39, 0.29) is 6.03 Å². The van der Waals surface area contributed by atoms with Crippen LogP contribution in [0.25, 0.3) is 0 Å². The number of aromatic nitrogens is 1. The molecule has 1 atom stereocenters. The molecular formula is C11H15N3O3S. The number of thiazole rings is 1. The molecule has 0 bridgehead atoms. The maximum absolute atomic E-state index is 11.9. The van der Waals surface area contributed by atoms with Crippen LogP contribution in [0.4, 0.5) is 4.79 Å². The summed E-state index contributed by atoms with van der Waals surface area (Å²) in [7, 11) is 0. The standard InChI is InChI=1S/C11H15N3O3S/c1-7-5-12-9(18-7)6-13-11(17)14-4-2-3-8(14)10(15)16/h5,8H,2-4,6H2,1H3,(H,13,17)(H,15,16)/t8-/m0/s1. The number of carboxylic acids is 1. The Bertz CT molecular complexity index is 460. The van der Waals surface area contributed by atoms with Gasteiger partial charge in [-0.2, -0.15) is 0 Å². The number of carbonyl (C=O) groups excluding carboxylic acids is 1. The molecule has 0 radical (unpaired) electrons. The smallest absolute Gasteiger partial charge is 0.326 e. The molecule has 98 valence electrons. The first-order chi connectivity index (χ1) is 8.58. The third-order valence-corrected chi connectivity index (χ3v) is 3.77. The van der Waals surface area contributed by atoms with E-state index in [0.717, 1.165) is 16.3 Å². The van der Waals surface area contributed by atoms with Gasteiger partial charge in [-0.15, -0.1) is 11.3 Å². The Kier molecular flexibility index (Phi) is 3.81. The first-order valence-electron chi connectivity index (χ1n) is 5.76. The summed E-state index contributed by atoms with van der Waals surface area (Å²) in [5.74, 6) is -0.937. The molecule has 0 aromatic carbocycles. The summed E-state index contributed by atoms with van der Waals surface area (Å²) in [5, 5.41) is 12.5. The van der Waals surface area contributed by atoms with Crippen molar-refractivity contribution in [2.24, 2.45) is 0 Å². The van der Waals surface area contributed by atoms with Gasteiger partial charge in [-0.05, 0) is 19.8 Å². The molecule has 2 N–H and O–H groups in total. The van der Waals surface area contributed by atoms with Crippen LogP contribution in [0.3, 0.4) is 0 Å². The van der Waals surface area contributed by atoms with Crippen LogP contribution in [0.2, 0.25) is 0 Å². The van der Waals surface area contributed by atoms with Crippen molar-refractivity contribution in [3.05, 3.63) is 16.1 Å². The van der Waals surface area contributed by atoms with Crippen molar-refractivity contribution >= 4 is 23.3 Å². The van der Waals surface area contributed by atoms with Gasteiger partial charge in [-0.3, -0.25) is 0 Å². The number of urea groups is 1. The van der Waals surface area contributed by atoms with E-state index in [1.165, 1.54) is 16.2 Å². The molecule has 6 nitrogen and oxygen atoms in total. The molecule has 7 heteroatoms. The molecule has 0 unspecified atom stereocenters. The fraction of sp³-hybridized carbons (Fsp3) is 0.545. The molecule has 0 spiro atoms. The summed E-state index contributed by atoms with van der Waals surface area (Å²) >= 11 is 1.52. The number of amides is 2. The molecule has 0 aliphatic carbocycles. The lowest BCUT2D eigenvalue weighted by molar-refractivity contribution is -0.141. The quantitative estimate of drug-likeness (QED) is 0.864. The summed E-state index contributed by atoms with van der Waals surface area (Å²) in [5.41, 5.74) is 0. The van der Waals surface area contributed by atoms with Gasteiger partial charge in [0.25, 0.3) is 0 Å². The van der Waals surface area contributed by atoms with E-state index in [4.69, 9.17) is 5.11 Å². The third kappa shape index (κ3) is 2.79. The van der Waals surface area contributed by atoms with E-state index in [0.29, 0.717) is 19.5 Å². The molecule has 1 aliphatic rings. The number of rotatable bonds is 3. The monoisotopic (exact) mass is 269 g/mol. The van der Waals surface area contributed by atoms with E-state index in [2.05, 4.69) is 10.3 Å². The minimum Gasteiger partial charge on any atom is -0.480 e. The van der Waals surface area contributed by atoms with Crippen LogP contribution in [0.1, 0.15) is 22.7 Å². The van der Waals surface area contributed by atoms with E-state index >= 15 is 0 Å². The number of hydrogen-bond acceptors (Lipinski definition) is 4. The van der Waals surface area contributed by atoms with E-state index in [9.17, 15) is 9.59 Å². The molecule has 1 aliphatic heterocycles. The Labute approximate surface area is 109 Å². The molecule has 1 aromatic heterocycles. The Morgan fingerprint density at radius 2 is 2.44 bits per heavy atom. The van der Waals surface area contributed by atoms with Crippen LogP contribution in [0, 0.1) is 6.92 Å². The van der Waals surface area contributed by atoms with Gasteiger partial charge >= 0.3 is 12.0 Å². The number of likely N-dealkylation sites (tertiary alicyclic amines) is 1. The largest absolute Gasteiger partial charge is 0.480 e. The number of nitrogens with one attached hydrogen (secondary N) is 1. The zero-order chi connectivity index (χ0) is 13.1. The van der Waals surface area contributed by atoms with Gasteiger partial charge in [0.2, 0.25) is 0 Å². The zero-order valence-corrected chi connectivity index (χ0v) is 10.9. The predicted octanol–water partition coefficient (Wildman–Crippen LogP) is 1.21. The van der Waals surface area contributed by atoms with Crippen LogP contribution < -0.4 is 5.32 Å². The molecule has 1 saturated heterocycles. The number of hydrogen-bond donors (Lipinski definition) is 2. The normalized spacial score (nSPS) is 18.9. The number of aryl methyl sites for hydroxylation is 1. The molecule has 2 heterocycles. The average molecular weight is 269 g/mol.